The zero-order valence-electron chi connectivity index (χ0n) is 7.55. The fraction of sp³-hybridized carbons (Fsp3) is 1.00. The minimum Gasteiger partial charge on any atom is -0.268 e. The van der Waals surface area contributed by atoms with Gasteiger partial charge < -0.3 is 0 Å². The van der Waals surface area contributed by atoms with Crippen LogP contribution in [-0.2, 0) is 28.6 Å². The van der Waals surface area contributed by atoms with Crippen LogP contribution in [0.15, 0.2) is 0 Å². The zero-order chi connectivity index (χ0) is 10.7. The Balaban J connectivity index is 3.98. The van der Waals surface area contributed by atoms with Gasteiger partial charge in [-0.2, -0.15) is 16.8 Å². The highest BCUT2D eigenvalue weighted by Crippen LogP contribution is 1.99. The Morgan fingerprint density at radius 1 is 1.08 bits per heavy atom. The van der Waals surface area contributed by atoms with Gasteiger partial charge in [-0.05, 0) is 6.92 Å². The lowest BCUT2D eigenvalue weighted by atomic mass is 10.5. The molecule has 0 aromatic rings. The van der Waals surface area contributed by atoms with Crippen molar-refractivity contribution in [2.24, 2.45) is 0 Å². The van der Waals surface area contributed by atoms with Crippen LogP contribution in [0.3, 0.4) is 0 Å². The highest BCUT2D eigenvalue weighted by Gasteiger charge is 2.12. The van der Waals surface area contributed by atoms with E-state index in [2.05, 4.69) is 8.37 Å². The summed E-state index contributed by atoms with van der Waals surface area (Å²) in [7, 11) is -7.12. The molecule has 1 atom stereocenters. The number of hydrogen-bond acceptors (Lipinski definition) is 6. The van der Waals surface area contributed by atoms with Gasteiger partial charge in [0.05, 0.1) is 25.2 Å². The molecule has 80 valence electrons. The van der Waals surface area contributed by atoms with Crippen LogP contribution in [0.1, 0.15) is 6.92 Å². The summed E-state index contributed by atoms with van der Waals surface area (Å²) in [6.45, 7) is 1.08. The first-order valence-electron chi connectivity index (χ1n) is 3.33. The van der Waals surface area contributed by atoms with E-state index >= 15 is 0 Å². The summed E-state index contributed by atoms with van der Waals surface area (Å²) in [6, 6.07) is 0. The molecule has 0 aromatic carbocycles. The molecule has 0 saturated carbocycles. The van der Waals surface area contributed by atoms with E-state index in [9.17, 15) is 16.8 Å². The van der Waals surface area contributed by atoms with Crippen molar-refractivity contribution in [3.05, 3.63) is 0 Å². The van der Waals surface area contributed by atoms with Crippen molar-refractivity contribution >= 4 is 20.2 Å². The Hall–Kier alpha value is -0.180. The van der Waals surface area contributed by atoms with E-state index in [1.165, 1.54) is 6.92 Å². The van der Waals surface area contributed by atoms with Crippen LogP contribution < -0.4 is 0 Å². The maximum absolute atomic E-state index is 10.5. The maximum Gasteiger partial charge on any atom is 0.264 e. The molecular weight excluding hydrogens is 220 g/mol. The van der Waals surface area contributed by atoms with Gasteiger partial charge in [0.1, 0.15) is 0 Å². The monoisotopic (exact) mass is 232 g/mol. The molecule has 0 heterocycles. The lowest BCUT2D eigenvalue weighted by Gasteiger charge is -2.09. The number of rotatable bonds is 5. The van der Waals surface area contributed by atoms with E-state index in [1.807, 2.05) is 0 Å². The predicted molar refractivity (Wildman–Crippen MR) is 46.2 cm³/mol. The van der Waals surface area contributed by atoms with Crippen LogP contribution in [0, 0.1) is 0 Å². The second-order valence-electron chi connectivity index (χ2n) is 2.60. The molecule has 8 heteroatoms. The molecule has 0 radical (unpaired) electrons. The van der Waals surface area contributed by atoms with Crippen molar-refractivity contribution in [3.63, 3.8) is 0 Å². The fourth-order valence-electron chi connectivity index (χ4n) is 0.546. The molecule has 1 unspecified atom stereocenters. The van der Waals surface area contributed by atoms with Gasteiger partial charge in [0.15, 0.2) is 0 Å². The quantitative estimate of drug-likeness (QED) is 0.584. The van der Waals surface area contributed by atoms with Crippen molar-refractivity contribution in [1.82, 2.24) is 0 Å². The largest absolute Gasteiger partial charge is 0.268 e. The van der Waals surface area contributed by atoms with Crippen molar-refractivity contribution in [2.45, 2.75) is 13.0 Å². The predicted octanol–water partition coefficient (Wildman–Crippen LogP) is -0.673. The minimum atomic E-state index is -3.57. The first-order chi connectivity index (χ1) is 5.60. The Kier molecular flexibility index (Phi) is 4.30. The molecule has 0 N–H and O–H groups in total. The third-order valence-electron chi connectivity index (χ3n) is 0.856. The smallest absolute Gasteiger partial charge is 0.264 e. The highest BCUT2D eigenvalue weighted by atomic mass is 32.2. The second-order valence-corrected chi connectivity index (χ2v) is 5.84. The fourth-order valence-corrected chi connectivity index (χ4v) is 1.64. The van der Waals surface area contributed by atoms with E-state index in [0.717, 1.165) is 12.5 Å². The topological polar surface area (TPSA) is 86.7 Å². The van der Waals surface area contributed by atoms with Crippen molar-refractivity contribution in [2.75, 3.05) is 19.1 Å². The summed E-state index contributed by atoms with van der Waals surface area (Å²) in [5, 5.41) is 0. The number of hydrogen-bond donors (Lipinski definition) is 0. The Labute approximate surface area is 78.1 Å². The molecule has 0 rings (SSSR count). The van der Waals surface area contributed by atoms with E-state index in [-0.39, 0.29) is 6.61 Å². The summed E-state index contributed by atoms with van der Waals surface area (Å²) in [5.41, 5.74) is 0. The summed E-state index contributed by atoms with van der Waals surface area (Å²) < 4.78 is 50.8. The molecule has 0 aliphatic carbocycles. The van der Waals surface area contributed by atoms with Crippen LogP contribution in [-0.4, -0.2) is 42.1 Å². The molecular formula is C5H12O6S2. The van der Waals surface area contributed by atoms with Gasteiger partial charge in [0.2, 0.25) is 0 Å². The Morgan fingerprint density at radius 2 is 1.54 bits per heavy atom. The maximum atomic E-state index is 10.5. The molecule has 6 nitrogen and oxygen atoms in total. The van der Waals surface area contributed by atoms with Gasteiger partial charge in [0, 0.05) is 0 Å². The lowest BCUT2D eigenvalue weighted by molar-refractivity contribution is 0.154. The summed E-state index contributed by atoms with van der Waals surface area (Å²) in [6.07, 6.45) is 0.939. The van der Waals surface area contributed by atoms with Crippen molar-refractivity contribution < 1.29 is 25.2 Å². The van der Waals surface area contributed by atoms with Crippen molar-refractivity contribution in [3.8, 4) is 0 Å². The van der Waals surface area contributed by atoms with Crippen LogP contribution in [0.2, 0.25) is 0 Å². The Morgan fingerprint density at radius 3 is 1.85 bits per heavy atom. The van der Waals surface area contributed by atoms with Crippen molar-refractivity contribution in [1.29, 1.82) is 0 Å². The Bertz CT molecular complexity index is 339. The summed E-state index contributed by atoms with van der Waals surface area (Å²) >= 11 is 0. The third kappa shape index (κ3) is 9.74. The highest BCUT2D eigenvalue weighted by molar-refractivity contribution is 7.86. The zero-order valence-corrected chi connectivity index (χ0v) is 9.18. The SMILES string of the molecule is CC(COS(C)(=O)=O)OS(C)(=O)=O. The second kappa shape index (κ2) is 4.36. The van der Waals surface area contributed by atoms with Crippen LogP contribution in [0.4, 0.5) is 0 Å². The van der Waals surface area contributed by atoms with E-state index in [1.54, 1.807) is 0 Å². The molecule has 0 fully saturated rings. The molecule has 0 bridgehead atoms. The molecule has 0 aliphatic heterocycles. The van der Waals surface area contributed by atoms with Gasteiger partial charge in [-0.15, -0.1) is 0 Å². The van der Waals surface area contributed by atoms with Gasteiger partial charge >= 0.3 is 0 Å². The summed E-state index contributed by atoms with van der Waals surface area (Å²) in [4.78, 5) is 0. The average Bonchev–Trinajstić information content (AvgIpc) is 1.78. The molecule has 0 saturated heterocycles. The van der Waals surface area contributed by atoms with Gasteiger partial charge in [-0.25, -0.2) is 0 Å². The lowest BCUT2D eigenvalue weighted by Crippen LogP contribution is -2.21. The van der Waals surface area contributed by atoms with Crippen LogP contribution in [0.5, 0.6) is 0 Å². The van der Waals surface area contributed by atoms with E-state index < -0.39 is 26.3 Å². The average molecular weight is 232 g/mol. The van der Waals surface area contributed by atoms with Gasteiger partial charge in [0.25, 0.3) is 20.2 Å². The standard InChI is InChI=1S/C5H12O6S2/c1-5(11-13(3,8)9)4-10-12(2,6)7/h5H,4H2,1-3H3. The molecule has 0 aliphatic rings. The van der Waals surface area contributed by atoms with Gasteiger partial charge in [-0.1, -0.05) is 0 Å². The normalized spacial score (nSPS) is 15.6. The molecule has 0 aromatic heterocycles. The van der Waals surface area contributed by atoms with Crippen LogP contribution >= 0.6 is 0 Å². The first kappa shape index (κ1) is 12.8. The minimum absolute atomic E-state index is 0.314. The molecule has 13 heavy (non-hydrogen) atoms. The first-order valence-corrected chi connectivity index (χ1v) is 6.96. The summed E-state index contributed by atoms with van der Waals surface area (Å²) in [5.74, 6) is 0. The molecule has 0 amide bonds. The molecule has 0 spiro atoms. The van der Waals surface area contributed by atoms with Crippen LogP contribution in [0.25, 0.3) is 0 Å². The third-order valence-corrected chi connectivity index (χ3v) is 2.10. The van der Waals surface area contributed by atoms with E-state index in [0.29, 0.717) is 0 Å². The van der Waals surface area contributed by atoms with E-state index in [4.69, 9.17) is 0 Å². The van der Waals surface area contributed by atoms with Gasteiger partial charge in [-0.3, -0.25) is 8.37 Å².